The van der Waals surface area contributed by atoms with Crippen molar-refractivity contribution in [3.63, 3.8) is 0 Å². The van der Waals surface area contributed by atoms with Gasteiger partial charge in [-0.1, -0.05) is 15.9 Å². The first-order chi connectivity index (χ1) is 11.4. The molecule has 1 amide bonds. The monoisotopic (exact) mass is 393 g/mol. The van der Waals surface area contributed by atoms with E-state index in [9.17, 15) is 14.4 Å². The standard InChI is InChI=1S/C17H16BrNO5/c1-9-12-7-11(18)4-5-13(12)24-17(23)14(9)15(20)19-6-2-3-10(8-19)16(21)22/h4-5,7,10H,2-3,6,8H2,1H3,(H,21,22). The van der Waals surface area contributed by atoms with E-state index in [0.717, 1.165) is 4.47 Å². The topological polar surface area (TPSA) is 87.8 Å². The number of rotatable bonds is 2. The van der Waals surface area contributed by atoms with Gasteiger partial charge in [-0.25, -0.2) is 4.79 Å². The van der Waals surface area contributed by atoms with Crippen LogP contribution in [-0.2, 0) is 4.79 Å². The highest BCUT2D eigenvalue weighted by Gasteiger charge is 2.31. The fourth-order valence-corrected chi connectivity index (χ4v) is 3.45. The molecule has 2 aromatic rings. The molecule has 6 nitrogen and oxygen atoms in total. The minimum Gasteiger partial charge on any atom is -0.481 e. The summed E-state index contributed by atoms with van der Waals surface area (Å²) in [4.78, 5) is 37.7. The molecule has 1 aromatic heterocycles. The van der Waals surface area contributed by atoms with Crippen molar-refractivity contribution in [2.24, 2.45) is 5.92 Å². The molecule has 0 radical (unpaired) electrons. The number of amides is 1. The molecular weight excluding hydrogens is 378 g/mol. The predicted molar refractivity (Wildman–Crippen MR) is 91.2 cm³/mol. The molecule has 0 spiro atoms. The zero-order valence-electron chi connectivity index (χ0n) is 13.0. The Morgan fingerprint density at radius 1 is 1.38 bits per heavy atom. The summed E-state index contributed by atoms with van der Waals surface area (Å²) in [5.41, 5.74) is 0.251. The number of aliphatic carboxylic acids is 1. The summed E-state index contributed by atoms with van der Waals surface area (Å²) in [6, 6.07) is 5.22. The number of fused-ring (bicyclic) bond motifs is 1. The van der Waals surface area contributed by atoms with E-state index in [1.807, 2.05) is 0 Å². The number of aryl methyl sites for hydroxylation is 1. The molecule has 1 fully saturated rings. The molecule has 1 N–H and O–H groups in total. The van der Waals surface area contributed by atoms with Crippen molar-refractivity contribution in [2.75, 3.05) is 13.1 Å². The third-order valence-corrected chi connectivity index (χ3v) is 4.89. The van der Waals surface area contributed by atoms with Crippen LogP contribution in [-0.4, -0.2) is 35.0 Å². The summed E-state index contributed by atoms with van der Waals surface area (Å²) in [6.07, 6.45) is 1.14. The molecule has 7 heteroatoms. The molecule has 0 saturated carbocycles. The van der Waals surface area contributed by atoms with Gasteiger partial charge in [-0.05, 0) is 43.5 Å². The Labute approximate surface area is 146 Å². The normalized spacial score (nSPS) is 17.9. The van der Waals surface area contributed by atoms with Gasteiger partial charge in [0.25, 0.3) is 5.91 Å². The molecule has 2 heterocycles. The van der Waals surface area contributed by atoms with Gasteiger partial charge in [0.2, 0.25) is 0 Å². The number of halogens is 1. The van der Waals surface area contributed by atoms with E-state index < -0.39 is 23.4 Å². The van der Waals surface area contributed by atoms with Gasteiger partial charge in [0.15, 0.2) is 0 Å². The highest BCUT2D eigenvalue weighted by atomic mass is 79.9. The maximum atomic E-state index is 12.8. The second-order valence-electron chi connectivity index (χ2n) is 5.96. The van der Waals surface area contributed by atoms with Crippen molar-refractivity contribution in [2.45, 2.75) is 19.8 Å². The summed E-state index contributed by atoms with van der Waals surface area (Å²) >= 11 is 3.37. The number of carbonyl (C=O) groups is 2. The lowest BCUT2D eigenvalue weighted by Crippen LogP contribution is -2.43. The van der Waals surface area contributed by atoms with Gasteiger partial charge >= 0.3 is 11.6 Å². The van der Waals surface area contributed by atoms with Crippen molar-refractivity contribution < 1.29 is 19.1 Å². The molecule has 126 valence electrons. The largest absolute Gasteiger partial charge is 0.481 e. The van der Waals surface area contributed by atoms with Gasteiger partial charge < -0.3 is 14.4 Å². The molecule has 1 unspecified atom stereocenters. The van der Waals surface area contributed by atoms with Crippen molar-refractivity contribution in [1.29, 1.82) is 0 Å². The lowest BCUT2D eigenvalue weighted by atomic mass is 9.97. The summed E-state index contributed by atoms with van der Waals surface area (Å²) in [6.45, 7) is 2.26. The molecule has 1 aliphatic heterocycles. The van der Waals surface area contributed by atoms with E-state index in [1.165, 1.54) is 4.90 Å². The Morgan fingerprint density at radius 2 is 2.12 bits per heavy atom. The Bertz CT molecular complexity index is 888. The second-order valence-corrected chi connectivity index (χ2v) is 6.87. The van der Waals surface area contributed by atoms with Crippen LogP contribution in [0.25, 0.3) is 11.0 Å². The summed E-state index contributed by atoms with van der Waals surface area (Å²) in [5, 5.41) is 9.85. The summed E-state index contributed by atoms with van der Waals surface area (Å²) < 4.78 is 6.09. The SMILES string of the molecule is Cc1c(C(=O)N2CCCC(C(=O)O)C2)c(=O)oc2ccc(Br)cc12. The van der Waals surface area contributed by atoms with E-state index in [1.54, 1.807) is 25.1 Å². The van der Waals surface area contributed by atoms with Crippen LogP contribution in [0.2, 0.25) is 0 Å². The van der Waals surface area contributed by atoms with Gasteiger partial charge in [0, 0.05) is 22.9 Å². The first kappa shape index (κ1) is 16.7. The molecule has 24 heavy (non-hydrogen) atoms. The first-order valence-corrected chi connectivity index (χ1v) is 8.43. The number of piperidine rings is 1. The van der Waals surface area contributed by atoms with Crippen LogP contribution in [0.5, 0.6) is 0 Å². The number of carboxylic acids is 1. The molecule has 0 bridgehead atoms. The van der Waals surface area contributed by atoms with Gasteiger partial charge in [0.1, 0.15) is 11.1 Å². The number of nitrogens with zero attached hydrogens (tertiary/aromatic N) is 1. The molecule has 1 atom stereocenters. The van der Waals surface area contributed by atoms with E-state index in [2.05, 4.69) is 15.9 Å². The Balaban J connectivity index is 2.03. The van der Waals surface area contributed by atoms with Gasteiger partial charge in [-0.3, -0.25) is 9.59 Å². The molecule has 1 aliphatic rings. The first-order valence-electron chi connectivity index (χ1n) is 7.63. The Hall–Kier alpha value is -2.15. The average molecular weight is 394 g/mol. The van der Waals surface area contributed by atoms with Crippen LogP contribution in [0.1, 0.15) is 28.8 Å². The minimum absolute atomic E-state index is 0.0216. The molecule has 1 saturated heterocycles. The highest BCUT2D eigenvalue weighted by molar-refractivity contribution is 9.10. The quantitative estimate of drug-likeness (QED) is 0.792. The second kappa shape index (κ2) is 6.39. The number of benzene rings is 1. The molecule has 0 aliphatic carbocycles. The van der Waals surface area contributed by atoms with Gasteiger partial charge in [0.05, 0.1) is 5.92 Å². The molecule has 1 aromatic carbocycles. The minimum atomic E-state index is -0.918. The van der Waals surface area contributed by atoms with Crippen molar-refractivity contribution in [1.82, 2.24) is 4.90 Å². The smallest absolute Gasteiger partial charge is 0.349 e. The fraction of sp³-hybridized carbons (Fsp3) is 0.353. The van der Waals surface area contributed by atoms with Crippen molar-refractivity contribution in [3.05, 3.63) is 44.2 Å². The van der Waals surface area contributed by atoms with Crippen molar-refractivity contribution >= 4 is 38.8 Å². The Kier molecular flexibility index (Phi) is 4.45. The number of likely N-dealkylation sites (tertiary alicyclic amines) is 1. The predicted octanol–water partition coefficient (Wildman–Crippen LogP) is 2.80. The number of carbonyl (C=O) groups excluding carboxylic acids is 1. The van der Waals surface area contributed by atoms with E-state index in [-0.39, 0.29) is 12.1 Å². The average Bonchev–Trinajstić information content (AvgIpc) is 2.55. The maximum absolute atomic E-state index is 12.8. The van der Waals surface area contributed by atoms with Crippen LogP contribution in [0.4, 0.5) is 0 Å². The molecule has 3 rings (SSSR count). The lowest BCUT2D eigenvalue weighted by molar-refractivity contribution is -0.143. The third-order valence-electron chi connectivity index (χ3n) is 4.40. The van der Waals surface area contributed by atoms with E-state index in [4.69, 9.17) is 9.52 Å². The van der Waals surface area contributed by atoms with Crippen LogP contribution in [0, 0.1) is 12.8 Å². The van der Waals surface area contributed by atoms with E-state index in [0.29, 0.717) is 35.9 Å². The van der Waals surface area contributed by atoms with Gasteiger partial charge in [-0.15, -0.1) is 0 Å². The Morgan fingerprint density at radius 3 is 2.83 bits per heavy atom. The van der Waals surface area contributed by atoms with Crippen LogP contribution >= 0.6 is 15.9 Å². The molecular formula is C17H16BrNO5. The number of carboxylic acid groups (broad SMARTS) is 1. The van der Waals surface area contributed by atoms with Crippen LogP contribution in [0.3, 0.4) is 0 Å². The van der Waals surface area contributed by atoms with Crippen LogP contribution < -0.4 is 5.63 Å². The zero-order chi connectivity index (χ0) is 17.4. The van der Waals surface area contributed by atoms with Crippen molar-refractivity contribution in [3.8, 4) is 0 Å². The van der Waals surface area contributed by atoms with Gasteiger partial charge in [-0.2, -0.15) is 0 Å². The van der Waals surface area contributed by atoms with E-state index >= 15 is 0 Å². The lowest BCUT2D eigenvalue weighted by Gasteiger charge is -2.30. The third kappa shape index (κ3) is 2.96. The number of hydrogen-bond donors (Lipinski definition) is 1. The summed E-state index contributed by atoms with van der Waals surface area (Å²) in [5.74, 6) is -1.97. The number of hydrogen-bond acceptors (Lipinski definition) is 4. The zero-order valence-corrected chi connectivity index (χ0v) is 14.6. The highest BCUT2D eigenvalue weighted by Crippen LogP contribution is 2.25. The fourth-order valence-electron chi connectivity index (χ4n) is 3.09. The van der Waals surface area contributed by atoms with Crippen LogP contribution in [0.15, 0.2) is 31.9 Å². The maximum Gasteiger partial charge on any atom is 0.349 e. The summed E-state index contributed by atoms with van der Waals surface area (Å²) in [7, 11) is 0.